The minimum Gasteiger partial charge on any atom is -0.317 e. The predicted octanol–water partition coefficient (Wildman–Crippen LogP) is 5.40. The zero-order valence-corrected chi connectivity index (χ0v) is 13.9. The second kappa shape index (κ2) is 8.96. The molecule has 0 spiro atoms. The molecule has 0 fully saturated rings. The van der Waals surface area contributed by atoms with Gasteiger partial charge >= 0.3 is 0 Å². The maximum atomic E-state index is 3.57. The molecule has 0 atom stereocenters. The topological polar surface area (TPSA) is 12.0 Å². The third-order valence-corrected chi connectivity index (χ3v) is 3.31. The van der Waals surface area contributed by atoms with E-state index in [-0.39, 0.29) is 0 Å². The fourth-order valence-electron chi connectivity index (χ4n) is 2.13. The van der Waals surface area contributed by atoms with Crippen molar-refractivity contribution in [2.24, 2.45) is 10.8 Å². The Kier molecular flexibility index (Phi) is 8.94. The van der Waals surface area contributed by atoms with E-state index in [9.17, 15) is 0 Å². The number of rotatable bonds is 9. The van der Waals surface area contributed by atoms with Crippen LogP contribution < -0.4 is 5.32 Å². The summed E-state index contributed by atoms with van der Waals surface area (Å²) in [5.74, 6) is 0. The summed E-state index contributed by atoms with van der Waals surface area (Å²) in [6.07, 6.45) is 9.54. The van der Waals surface area contributed by atoms with Crippen LogP contribution in [0.5, 0.6) is 0 Å². The van der Waals surface area contributed by atoms with Crippen LogP contribution in [0.1, 0.15) is 86.5 Å². The molecule has 18 heavy (non-hydrogen) atoms. The van der Waals surface area contributed by atoms with Gasteiger partial charge < -0.3 is 5.32 Å². The summed E-state index contributed by atoms with van der Waals surface area (Å²) in [5.41, 5.74) is 1.01. The monoisotopic (exact) mass is 255 g/mol. The van der Waals surface area contributed by atoms with E-state index in [4.69, 9.17) is 0 Å². The zero-order valence-electron chi connectivity index (χ0n) is 13.9. The molecule has 0 saturated heterocycles. The lowest BCUT2D eigenvalue weighted by Crippen LogP contribution is -2.18. The van der Waals surface area contributed by atoms with E-state index in [0.717, 1.165) is 0 Å². The molecule has 0 radical (unpaired) electrons. The molecule has 0 aromatic carbocycles. The minimum absolute atomic E-state index is 0.495. The molecule has 0 bridgehead atoms. The first-order valence-electron chi connectivity index (χ1n) is 7.91. The number of unbranched alkanes of at least 4 members (excludes halogenated alkanes) is 3. The van der Waals surface area contributed by atoms with Crippen LogP contribution in [-0.4, -0.2) is 13.1 Å². The fourth-order valence-corrected chi connectivity index (χ4v) is 2.13. The Balaban J connectivity index is 3.13. The summed E-state index contributed by atoms with van der Waals surface area (Å²) < 4.78 is 0. The molecule has 0 aromatic rings. The highest BCUT2D eigenvalue weighted by atomic mass is 14.8. The van der Waals surface area contributed by atoms with E-state index < -0.39 is 0 Å². The molecule has 0 aliphatic heterocycles. The summed E-state index contributed by atoms with van der Waals surface area (Å²) in [6.45, 7) is 16.4. The van der Waals surface area contributed by atoms with Gasteiger partial charge in [0.2, 0.25) is 0 Å². The minimum atomic E-state index is 0.495. The Morgan fingerprint density at radius 3 is 1.56 bits per heavy atom. The third-order valence-electron chi connectivity index (χ3n) is 3.31. The average molecular weight is 255 g/mol. The van der Waals surface area contributed by atoms with Crippen LogP contribution in [0, 0.1) is 10.8 Å². The molecule has 0 aliphatic carbocycles. The van der Waals surface area contributed by atoms with Gasteiger partial charge in [0.25, 0.3) is 0 Å². The molecule has 110 valence electrons. The second-order valence-electron chi connectivity index (χ2n) is 8.14. The van der Waals surface area contributed by atoms with Gasteiger partial charge in [-0.3, -0.25) is 0 Å². The van der Waals surface area contributed by atoms with Gasteiger partial charge in [-0.1, -0.05) is 60.8 Å². The van der Waals surface area contributed by atoms with Gasteiger partial charge in [-0.15, -0.1) is 0 Å². The average Bonchev–Trinajstić information content (AvgIpc) is 2.17. The SMILES string of the molecule is CC(C)(C)CCCCCCNCCCC(C)(C)C. The molecule has 0 aromatic heterocycles. The molecule has 1 heteroatoms. The van der Waals surface area contributed by atoms with Crippen LogP contribution in [0.3, 0.4) is 0 Å². The highest BCUT2D eigenvalue weighted by molar-refractivity contribution is 4.63. The van der Waals surface area contributed by atoms with E-state index in [1.54, 1.807) is 0 Å². The van der Waals surface area contributed by atoms with Crippen molar-refractivity contribution in [2.75, 3.05) is 13.1 Å². The van der Waals surface area contributed by atoms with Crippen molar-refractivity contribution in [1.82, 2.24) is 5.32 Å². The van der Waals surface area contributed by atoms with E-state index in [1.807, 2.05) is 0 Å². The van der Waals surface area contributed by atoms with Crippen LogP contribution in [0.2, 0.25) is 0 Å². The van der Waals surface area contributed by atoms with Crippen molar-refractivity contribution < 1.29 is 0 Å². The van der Waals surface area contributed by atoms with Gasteiger partial charge in [-0.05, 0) is 49.6 Å². The number of nitrogens with one attached hydrogen (secondary N) is 1. The maximum Gasteiger partial charge on any atom is -0.00487 e. The van der Waals surface area contributed by atoms with Crippen LogP contribution in [0.15, 0.2) is 0 Å². The van der Waals surface area contributed by atoms with Gasteiger partial charge in [-0.25, -0.2) is 0 Å². The van der Waals surface area contributed by atoms with Crippen molar-refractivity contribution in [3.05, 3.63) is 0 Å². The van der Waals surface area contributed by atoms with Crippen molar-refractivity contribution in [1.29, 1.82) is 0 Å². The Morgan fingerprint density at radius 1 is 0.556 bits per heavy atom. The van der Waals surface area contributed by atoms with Crippen molar-refractivity contribution in [3.8, 4) is 0 Å². The molecule has 0 unspecified atom stereocenters. The zero-order chi connectivity index (χ0) is 14.1. The standard InChI is InChI=1S/C17H37N/c1-16(2,3)12-9-7-8-10-14-18-15-11-13-17(4,5)6/h18H,7-15H2,1-6H3. The lowest BCUT2D eigenvalue weighted by atomic mass is 9.89. The van der Waals surface area contributed by atoms with Gasteiger partial charge in [0.05, 0.1) is 0 Å². The molecule has 0 rings (SSSR count). The van der Waals surface area contributed by atoms with Crippen LogP contribution in [0.25, 0.3) is 0 Å². The van der Waals surface area contributed by atoms with Crippen molar-refractivity contribution >= 4 is 0 Å². The predicted molar refractivity (Wildman–Crippen MR) is 84.1 cm³/mol. The Labute approximate surface area is 116 Å². The fraction of sp³-hybridized carbons (Fsp3) is 1.00. The summed E-state index contributed by atoms with van der Waals surface area (Å²) in [4.78, 5) is 0. The molecule has 0 amide bonds. The lowest BCUT2D eigenvalue weighted by molar-refractivity contribution is 0.354. The molecular formula is C17H37N. The molecule has 0 heterocycles. The molecular weight excluding hydrogens is 218 g/mol. The highest BCUT2D eigenvalue weighted by Crippen LogP contribution is 2.22. The smallest absolute Gasteiger partial charge is 0.00487 e. The first-order chi connectivity index (χ1) is 8.21. The normalized spacial score (nSPS) is 13.0. The number of hydrogen-bond donors (Lipinski definition) is 1. The molecule has 0 saturated carbocycles. The Morgan fingerprint density at radius 2 is 1.00 bits per heavy atom. The van der Waals surface area contributed by atoms with Gasteiger partial charge in [0.1, 0.15) is 0 Å². The van der Waals surface area contributed by atoms with Crippen LogP contribution in [-0.2, 0) is 0 Å². The largest absolute Gasteiger partial charge is 0.317 e. The van der Waals surface area contributed by atoms with Crippen molar-refractivity contribution in [2.45, 2.75) is 86.5 Å². The highest BCUT2D eigenvalue weighted by Gasteiger charge is 2.09. The van der Waals surface area contributed by atoms with E-state index >= 15 is 0 Å². The first-order valence-corrected chi connectivity index (χ1v) is 7.91. The molecule has 0 aliphatic rings. The second-order valence-corrected chi connectivity index (χ2v) is 8.14. The molecule has 1 N–H and O–H groups in total. The summed E-state index contributed by atoms with van der Waals surface area (Å²) in [6, 6.07) is 0. The summed E-state index contributed by atoms with van der Waals surface area (Å²) in [7, 11) is 0. The van der Waals surface area contributed by atoms with Gasteiger partial charge in [0.15, 0.2) is 0 Å². The van der Waals surface area contributed by atoms with Crippen molar-refractivity contribution in [3.63, 3.8) is 0 Å². The third kappa shape index (κ3) is 16.0. The number of hydrogen-bond acceptors (Lipinski definition) is 1. The quantitative estimate of drug-likeness (QED) is 0.544. The summed E-state index contributed by atoms with van der Waals surface area (Å²) >= 11 is 0. The van der Waals surface area contributed by atoms with E-state index in [2.05, 4.69) is 46.9 Å². The lowest BCUT2D eigenvalue weighted by Gasteiger charge is -2.18. The first kappa shape index (κ1) is 18.0. The van der Waals surface area contributed by atoms with E-state index in [1.165, 1.54) is 58.0 Å². The van der Waals surface area contributed by atoms with Gasteiger partial charge in [-0.2, -0.15) is 0 Å². The summed E-state index contributed by atoms with van der Waals surface area (Å²) in [5, 5.41) is 3.57. The van der Waals surface area contributed by atoms with Gasteiger partial charge in [0, 0.05) is 0 Å². The van der Waals surface area contributed by atoms with Crippen LogP contribution >= 0.6 is 0 Å². The van der Waals surface area contributed by atoms with Crippen LogP contribution in [0.4, 0.5) is 0 Å². The maximum absolute atomic E-state index is 3.57. The Hall–Kier alpha value is -0.0400. The molecule has 1 nitrogen and oxygen atoms in total. The van der Waals surface area contributed by atoms with E-state index in [0.29, 0.717) is 10.8 Å². The Bertz CT molecular complexity index is 161.